The van der Waals surface area contributed by atoms with Crippen molar-refractivity contribution in [2.75, 3.05) is 21.9 Å². The van der Waals surface area contributed by atoms with Crippen molar-refractivity contribution in [3.05, 3.63) is 72.2 Å². The van der Waals surface area contributed by atoms with E-state index in [0.717, 1.165) is 5.56 Å². The predicted molar refractivity (Wildman–Crippen MR) is 106 cm³/mol. The Morgan fingerprint density at radius 3 is 2.82 bits per heavy atom. The van der Waals surface area contributed by atoms with E-state index in [1.807, 2.05) is 12.1 Å². The van der Waals surface area contributed by atoms with Crippen LogP contribution in [-0.2, 0) is 16.6 Å². The van der Waals surface area contributed by atoms with Crippen LogP contribution in [0.15, 0.2) is 61.1 Å². The summed E-state index contributed by atoms with van der Waals surface area (Å²) in [6.07, 6.45) is 5.83. The lowest BCUT2D eigenvalue weighted by atomic mass is 10.2. The first-order chi connectivity index (χ1) is 13.5. The maximum absolute atomic E-state index is 12.6. The summed E-state index contributed by atoms with van der Waals surface area (Å²) < 4.78 is 27.3. The lowest BCUT2D eigenvalue weighted by Crippen LogP contribution is -2.25. The van der Waals surface area contributed by atoms with Gasteiger partial charge in [-0.1, -0.05) is 12.1 Å². The summed E-state index contributed by atoms with van der Waals surface area (Å²) in [5, 5.41) is 7.09. The van der Waals surface area contributed by atoms with Crippen LogP contribution in [0.5, 0.6) is 0 Å². The topological polar surface area (TPSA) is 97.2 Å². The highest BCUT2D eigenvalue weighted by Gasteiger charge is 2.28. The number of sulfonamides is 1. The molecule has 0 radical (unpaired) electrons. The molecule has 0 unspecified atom stereocenters. The van der Waals surface area contributed by atoms with Crippen LogP contribution in [0.1, 0.15) is 22.3 Å². The fraction of sp³-hybridized carbons (Fsp3) is 0.211. The average molecular weight is 397 g/mol. The zero-order valence-corrected chi connectivity index (χ0v) is 15.8. The van der Waals surface area contributed by atoms with E-state index in [1.165, 1.54) is 4.31 Å². The van der Waals surface area contributed by atoms with Crippen molar-refractivity contribution >= 4 is 27.4 Å². The van der Waals surface area contributed by atoms with Crippen LogP contribution in [0.25, 0.3) is 0 Å². The first kappa shape index (κ1) is 18.2. The number of rotatable bonds is 5. The molecule has 9 heteroatoms. The van der Waals surface area contributed by atoms with Gasteiger partial charge in [-0.05, 0) is 36.2 Å². The number of carbonyl (C=O) groups excluding carboxylic acids is 1. The Balaban J connectivity index is 1.46. The second-order valence-electron chi connectivity index (χ2n) is 6.51. The van der Waals surface area contributed by atoms with E-state index < -0.39 is 10.0 Å². The molecule has 1 fully saturated rings. The number of pyridine rings is 1. The van der Waals surface area contributed by atoms with Crippen LogP contribution >= 0.6 is 0 Å². The molecule has 1 N–H and O–H groups in total. The molecule has 1 aliphatic rings. The summed E-state index contributed by atoms with van der Waals surface area (Å²) in [6.45, 7) is 0.984. The number of nitrogens with one attached hydrogen (secondary N) is 1. The van der Waals surface area contributed by atoms with Gasteiger partial charge in [0, 0.05) is 36.8 Å². The van der Waals surface area contributed by atoms with Crippen LogP contribution in [-0.4, -0.2) is 41.4 Å². The molecule has 0 saturated carbocycles. The summed E-state index contributed by atoms with van der Waals surface area (Å²) in [5.74, 6) is 0.218. The average Bonchev–Trinajstić information content (AvgIpc) is 3.28. The van der Waals surface area contributed by atoms with Gasteiger partial charge >= 0.3 is 0 Å². The third-order valence-corrected chi connectivity index (χ3v) is 6.31. The van der Waals surface area contributed by atoms with Gasteiger partial charge in [-0.2, -0.15) is 5.10 Å². The van der Waals surface area contributed by atoms with Gasteiger partial charge in [0.1, 0.15) is 0 Å². The molecule has 1 aliphatic heterocycles. The van der Waals surface area contributed by atoms with Crippen LogP contribution in [0.2, 0.25) is 0 Å². The third-order valence-electron chi connectivity index (χ3n) is 4.45. The van der Waals surface area contributed by atoms with Gasteiger partial charge in [-0.25, -0.2) is 8.42 Å². The van der Waals surface area contributed by atoms with E-state index in [0.29, 0.717) is 36.6 Å². The maximum atomic E-state index is 12.6. The van der Waals surface area contributed by atoms with E-state index in [-0.39, 0.29) is 11.7 Å². The summed E-state index contributed by atoms with van der Waals surface area (Å²) in [6, 6.07) is 12.1. The van der Waals surface area contributed by atoms with Gasteiger partial charge in [0.15, 0.2) is 5.82 Å². The number of hydrogen-bond acceptors (Lipinski definition) is 5. The quantitative estimate of drug-likeness (QED) is 0.711. The Morgan fingerprint density at radius 1 is 1.18 bits per heavy atom. The molecule has 1 amide bonds. The standard InChI is InChI=1S/C19H19N5O3S/c25-19(16-5-1-6-17(12-16)24-9-3-11-28(24,26)27)21-18-7-10-23(22-18)14-15-4-2-8-20-13-15/h1-2,4-8,10,12-13H,3,9,11,14H2,(H,21,22,25). The number of anilines is 2. The minimum absolute atomic E-state index is 0.137. The second kappa shape index (κ2) is 7.43. The van der Waals surface area contributed by atoms with Crippen molar-refractivity contribution in [3.8, 4) is 0 Å². The highest BCUT2D eigenvalue weighted by Crippen LogP contribution is 2.25. The van der Waals surface area contributed by atoms with Crippen molar-refractivity contribution in [2.24, 2.45) is 0 Å². The van der Waals surface area contributed by atoms with Gasteiger partial charge < -0.3 is 5.32 Å². The Labute approximate surface area is 162 Å². The lowest BCUT2D eigenvalue weighted by molar-refractivity contribution is 0.102. The first-order valence-electron chi connectivity index (χ1n) is 8.85. The predicted octanol–water partition coefficient (Wildman–Crippen LogP) is 2.12. The van der Waals surface area contributed by atoms with Crippen LogP contribution < -0.4 is 9.62 Å². The molecule has 3 heterocycles. The number of benzene rings is 1. The van der Waals surface area contributed by atoms with Gasteiger partial charge in [0.2, 0.25) is 10.0 Å². The Morgan fingerprint density at radius 2 is 2.07 bits per heavy atom. The van der Waals surface area contributed by atoms with Gasteiger partial charge in [0.05, 0.1) is 18.0 Å². The minimum atomic E-state index is -3.29. The number of carbonyl (C=O) groups is 1. The molecule has 144 valence electrons. The molecule has 2 aromatic heterocycles. The molecule has 1 aromatic carbocycles. The molecule has 0 bridgehead atoms. The number of aromatic nitrogens is 3. The van der Waals surface area contributed by atoms with E-state index in [9.17, 15) is 13.2 Å². The summed E-state index contributed by atoms with van der Waals surface area (Å²) in [7, 11) is -3.29. The fourth-order valence-electron chi connectivity index (χ4n) is 3.12. The SMILES string of the molecule is O=C(Nc1ccn(Cc2cccnc2)n1)c1cccc(N2CCCS2(=O)=O)c1. The van der Waals surface area contributed by atoms with Crippen LogP contribution in [0.3, 0.4) is 0 Å². The highest BCUT2D eigenvalue weighted by atomic mass is 32.2. The Bertz CT molecular complexity index is 1100. The number of amides is 1. The van der Waals surface area contributed by atoms with Crippen molar-refractivity contribution in [2.45, 2.75) is 13.0 Å². The van der Waals surface area contributed by atoms with Crippen LogP contribution in [0.4, 0.5) is 11.5 Å². The molecule has 0 aliphatic carbocycles. The number of nitrogens with zero attached hydrogens (tertiary/aromatic N) is 4. The van der Waals surface area contributed by atoms with Crippen LogP contribution in [0, 0.1) is 0 Å². The summed E-state index contributed by atoms with van der Waals surface area (Å²) >= 11 is 0. The highest BCUT2D eigenvalue weighted by molar-refractivity contribution is 7.93. The molecular formula is C19H19N5O3S. The maximum Gasteiger partial charge on any atom is 0.256 e. The summed E-state index contributed by atoms with van der Waals surface area (Å²) in [5.41, 5.74) is 1.89. The van der Waals surface area contributed by atoms with E-state index in [4.69, 9.17) is 0 Å². The molecule has 3 aromatic rings. The van der Waals surface area contributed by atoms with Crippen molar-refractivity contribution in [3.63, 3.8) is 0 Å². The van der Waals surface area contributed by atoms with E-state index in [1.54, 1.807) is 53.6 Å². The molecule has 0 spiro atoms. The van der Waals surface area contributed by atoms with Gasteiger partial charge in [-0.15, -0.1) is 0 Å². The molecule has 4 rings (SSSR count). The molecule has 1 saturated heterocycles. The third kappa shape index (κ3) is 3.89. The molecular weight excluding hydrogens is 378 g/mol. The monoisotopic (exact) mass is 397 g/mol. The Hall–Kier alpha value is -3.20. The van der Waals surface area contributed by atoms with E-state index >= 15 is 0 Å². The van der Waals surface area contributed by atoms with Crippen molar-refractivity contribution in [1.82, 2.24) is 14.8 Å². The molecule has 8 nitrogen and oxygen atoms in total. The van der Waals surface area contributed by atoms with E-state index in [2.05, 4.69) is 15.4 Å². The van der Waals surface area contributed by atoms with Gasteiger partial charge in [-0.3, -0.25) is 18.8 Å². The van der Waals surface area contributed by atoms with Crippen molar-refractivity contribution < 1.29 is 13.2 Å². The minimum Gasteiger partial charge on any atom is -0.305 e. The summed E-state index contributed by atoms with van der Waals surface area (Å²) in [4.78, 5) is 16.6. The normalized spacial score (nSPS) is 15.5. The molecule has 28 heavy (non-hydrogen) atoms. The number of hydrogen-bond donors (Lipinski definition) is 1. The Kier molecular flexibility index (Phi) is 4.82. The second-order valence-corrected chi connectivity index (χ2v) is 8.52. The lowest BCUT2D eigenvalue weighted by Gasteiger charge is -2.17. The largest absolute Gasteiger partial charge is 0.305 e. The first-order valence-corrected chi connectivity index (χ1v) is 10.5. The fourth-order valence-corrected chi connectivity index (χ4v) is 4.67. The zero-order valence-electron chi connectivity index (χ0n) is 15.0. The zero-order chi connectivity index (χ0) is 19.6. The smallest absolute Gasteiger partial charge is 0.256 e. The van der Waals surface area contributed by atoms with Gasteiger partial charge in [0.25, 0.3) is 5.91 Å². The van der Waals surface area contributed by atoms with Crippen molar-refractivity contribution in [1.29, 1.82) is 0 Å². The molecule has 0 atom stereocenters.